The van der Waals surface area contributed by atoms with Crippen molar-refractivity contribution in [1.29, 1.82) is 0 Å². The number of carbonyl (C=O) groups excluding carboxylic acids is 3. The van der Waals surface area contributed by atoms with Gasteiger partial charge in [0.05, 0.1) is 12.5 Å². The van der Waals surface area contributed by atoms with Crippen LogP contribution >= 0.6 is 11.6 Å². The van der Waals surface area contributed by atoms with E-state index < -0.39 is 24.6 Å². The van der Waals surface area contributed by atoms with Crippen LogP contribution in [-0.2, 0) is 9.53 Å². The minimum absolute atomic E-state index is 0.217. The Bertz CT molecular complexity index is 1090. The molecule has 0 aliphatic carbocycles. The van der Waals surface area contributed by atoms with E-state index in [1.165, 1.54) is 0 Å². The van der Waals surface area contributed by atoms with Crippen LogP contribution in [0.2, 0.25) is 5.02 Å². The molecule has 7 nitrogen and oxygen atoms in total. The SMILES string of the molecule is NC(=O)NC(CC(=O)OCC(=O)c1ccc(Cl)cc1)c1cccc(Oc2ccccc2)c1. The largest absolute Gasteiger partial charge is 0.457 e. The van der Waals surface area contributed by atoms with Crippen LogP contribution < -0.4 is 15.8 Å². The van der Waals surface area contributed by atoms with Crippen molar-refractivity contribution in [2.24, 2.45) is 5.73 Å². The van der Waals surface area contributed by atoms with Gasteiger partial charge in [0.25, 0.3) is 0 Å². The van der Waals surface area contributed by atoms with Gasteiger partial charge in [0.15, 0.2) is 12.4 Å². The molecule has 2 amide bonds. The number of Topliss-reactive ketones (excluding diaryl/α,β-unsaturated/α-hetero) is 1. The van der Waals surface area contributed by atoms with Crippen LogP contribution in [0, 0.1) is 0 Å². The number of primary amides is 1. The van der Waals surface area contributed by atoms with Crippen LogP contribution in [0.3, 0.4) is 0 Å². The summed E-state index contributed by atoms with van der Waals surface area (Å²) < 4.78 is 10.9. The second kappa shape index (κ2) is 11.0. The number of nitrogens with two attached hydrogens (primary N) is 1. The van der Waals surface area contributed by atoms with Gasteiger partial charge in [-0.25, -0.2) is 4.79 Å². The third kappa shape index (κ3) is 6.85. The number of benzene rings is 3. The fourth-order valence-corrected chi connectivity index (χ4v) is 3.06. The molecule has 0 bridgehead atoms. The van der Waals surface area contributed by atoms with E-state index in [1.54, 1.807) is 60.7 Å². The highest BCUT2D eigenvalue weighted by molar-refractivity contribution is 6.30. The zero-order chi connectivity index (χ0) is 22.9. The first-order valence-electron chi connectivity index (χ1n) is 9.74. The van der Waals surface area contributed by atoms with E-state index in [9.17, 15) is 14.4 Å². The molecule has 1 atom stereocenters. The van der Waals surface area contributed by atoms with Gasteiger partial charge >= 0.3 is 12.0 Å². The summed E-state index contributed by atoms with van der Waals surface area (Å²) in [5, 5.41) is 3.02. The highest BCUT2D eigenvalue weighted by Crippen LogP contribution is 2.26. The predicted octanol–water partition coefficient (Wildman–Crippen LogP) is 4.66. The number of hydrogen-bond acceptors (Lipinski definition) is 5. The number of urea groups is 1. The third-order valence-electron chi connectivity index (χ3n) is 4.46. The number of para-hydroxylation sites is 1. The minimum Gasteiger partial charge on any atom is -0.457 e. The van der Waals surface area contributed by atoms with Crippen molar-refractivity contribution in [3.05, 3.63) is 95.0 Å². The van der Waals surface area contributed by atoms with Gasteiger partial charge in [-0.1, -0.05) is 41.9 Å². The smallest absolute Gasteiger partial charge is 0.312 e. The van der Waals surface area contributed by atoms with Crippen LogP contribution in [0.1, 0.15) is 28.4 Å². The van der Waals surface area contributed by atoms with Crippen LogP contribution in [0.5, 0.6) is 11.5 Å². The maximum absolute atomic E-state index is 12.4. The van der Waals surface area contributed by atoms with Gasteiger partial charge in [-0.2, -0.15) is 0 Å². The average molecular weight is 453 g/mol. The first-order valence-corrected chi connectivity index (χ1v) is 10.1. The molecule has 1 unspecified atom stereocenters. The van der Waals surface area contributed by atoms with Crippen LogP contribution in [-0.4, -0.2) is 24.4 Å². The number of ketones is 1. The summed E-state index contributed by atoms with van der Waals surface area (Å²) in [5.41, 5.74) is 6.25. The number of hydrogen-bond donors (Lipinski definition) is 2. The molecule has 0 spiro atoms. The number of esters is 1. The van der Waals surface area contributed by atoms with Gasteiger partial charge in [0, 0.05) is 10.6 Å². The van der Waals surface area contributed by atoms with Gasteiger partial charge in [-0.3, -0.25) is 9.59 Å². The molecular formula is C24H21ClN2O5. The van der Waals surface area contributed by atoms with Crippen molar-refractivity contribution in [2.75, 3.05) is 6.61 Å². The zero-order valence-corrected chi connectivity index (χ0v) is 17.7. The molecule has 8 heteroatoms. The van der Waals surface area contributed by atoms with E-state index in [4.69, 9.17) is 26.8 Å². The minimum atomic E-state index is -0.797. The zero-order valence-electron chi connectivity index (χ0n) is 17.0. The van der Waals surface area contributed by atoms with Gasteiger partial charge in [0.2, 0.25) is 0 Å². The quantitative estimate of drug-likeness (QED) is 0.362. The summed E-state index contributed by atoms with van der Waals surface area (Å²) in [6, 6.07) is 20.8. The maximum Gasteiger partial charge on any atom is 0.312 e. The Morgan fingerprint density at radius 2 is 1.59 bits per heavy atom. The second-order valence-corrected chi connectivity index (χ2v) is 7.28. The molecule has 0 aromatic heterocycles. The Balaban J connectivity index is 1.65. The number of carbonyl (C=O) groups is 3. The third-order valence-corrected chi connectivity index (χ3v) is 4.71. The van der Waals surface area contributed by atoms with Gasteiger partial charge < -0.3 is 20.5 Å². The van der Waals surface area contributed by atoms with E-state index in [0.717, 1.165) is 0 Å². The molecule has 0 aliphatic rings. The van der Waals surface area contributed by atoms with Gasteiger partial charge in [-0.05, 0) is 54.1 Å². The molecule has 164 valence electrons. The van der Waals surface area contributed by atoms with E-state index in [2.05, 4.69) is 5.32 Å². The van der Waals surface area contributed by atoms with Crippen molar-refractivity contribution < 1.29 is 23.9 Å². The normalized spacial score (nSPS) is 11.3. The Morgan fingerprint density at radius 3 is 2.28 bits per heavy atom. The summed E-state index contributed by atoms with van der Waals surface area (Å²) in [5.74, 6) is 0.133. The molecule has 0 radical (unpaired) electrons. The fourth-order valence-electron chi connectivity index (χ4n) is 2.93. The predicted molar refractivity (Wildman–Crippen MR) is 120 cm³/mol. The van der Waals surface area contributed by atoms with E-state index in [1.807, 2.05) is 18.2 Å². The van der Waals surface area contributed by atoms with Crippen molar-refractivity contribution in [3.8, 4) is 11.5 Å². The van der Waals surface area contributed by atoms with Gasteiger partial charge in [0.1, 0.15) is 11.5 Å². The number of amides is 2. The molecule has 3 aromatic carbocycles. The summed E-state index contributed by atoms with van der Waals surface area (Å²) >= 11 is 5.81. The van der Waals surface area contributed by atoms with Crippen molar-refractivity contribution in [1.82, 2.24) is 5.32 Å². The molecule has 0 heterocycles. The Labute approximate surface area is 190 Å². The number of rotatable bonds is 9. The Kier molecular flexibility index (Phi) is 7.83. The molecule has 0 fully saturated rings. The Hall–Kier alpha value is -3.84. The molecule has 0 aliphatic heterocycles. The second-order valence-electron chi connectivity index (χ2n) is 6.84. The molecule has 3 aromatic rings. The topological polar surface area (TPSA) is 108 Å². The summed E-state index contributed by atoms with van der Waals surface area (Å²) in [7, 11) is 0. The lowest BCUT2D eigenvalue weighted by Crippen LogP contribution is -2.34. The van der Waals surface area contributed by atoms with E-state index in [-0.39, 0.29) is 12.2 Å². The van der Waals surface area contributed by atoms with Crippen molar-refractivity contribution in [3.63, 3.8) is 0 Å². The molecule has 32 heavy (non-hydrogen) atoms. The summed E-state index contributed by atoms with van der Waals surface area (Å²) in [4.78, 5) is 36.0. The fraction of sp³-hybridized carbons (Fsp3) is 0.125. The number of halogens is 1. The van der Waals surface area contributed by atoms with Crippen molar-refractivity contribution in [2.45, 2.75) is 12.5 Å². The van der Waals surface area contributed by atoms with Crippen LogP contribution in [0.25, 0.3) is 0 Å². The standard InChI is InChI=1S/C24H21ClN2O5/c25-18-11-9-16(10-12-18)22(28)15-31-23(29)14-21(27-24(26)30)17-5-4-8-20(13-17)32-19-6-2-1-3-7-19/h1-13,21H,14-15H2,(H3,26,27,30). The van der Waals surface area contributed by atoms with Gasteiger partial charge in [-0.15, -0.1) is 0 Å². The molecular weight excluding hydrogens is 432 g/mol. The number of ether oxygens (including phenoxy) is 2. The summed E-state index contributed by atoms with van der Waals surface area (Å²) in [6.45, 7) is -0.430. The highest BCUT2D eigenvalue weighted by Gasteiger charge is 2.20. The van der Waals surface area contributed by atoms with Crippen molar-refractivity contribution >= 4 is 29.4 Å². The molecule has 3 N–H and O–H groups in total. The maximum atomic E-state index is 12.4. The lowest BCUT2D eigenvalue weighted by atomic mass is 10.0. The monoisotopic (exact) mass is 452 g/mol. The van der Waals surface area contributed by atoms with Crippen LogP contribution in [0.15, 0.2) is 78.9 Å². The molecule has 0 saturated carbocycles. The number of nitrogens with one attached hydrogen (secondary N) is 1. The average Bonchev–Trinajstić information content (AvgIpc) is 2.78. The molecule has 0 saturated heterocycles. The van der Waals surface area contributed by atoms with E-state index in [0.29, 0.717) is 27.6 Å². The molecule has 3 rings (SSSR count). The van der Waals surface area contributed by atoms with Crippen LogP contribution in [0.4, 0.5) is 4.79 Å². The van der Waals surface area contributed by atoms with E-state index >= 15 is 0 Å². The lowest BCUT2D eigenvalue weighted by Gasteiger charge is -2.18. The lowest BCUT2D eigenvalue weighted by molar-refractivity contribution is -0.143. The first-order chi connectivity index (χ1) is 15.4. The first kappa shape index (κ1) is 22.8. The Morgan fingerprint density at radius 1 is 0.906 bits per heavy atom. The summed E-state index contributed by atoms with van der Waals surface area (Å²) in [6.07, 6.45) is -0.217. The highest BCUT2D eigenvalue weighted by atomic mass is 35.5.